The Kier molecular flexibility index (Phi) is 3.92. The van der Waals surface area contributed by atoms with Crippen LogP contribution in [0.4, 0.5) is 0 Å². The van der Waals surface area contributed by atoms with Crippen molar-refractivity contribution < 1.29 is 13.6 Å². The predicted molar refractivity (Wildman–Crippen MR) is 77.8 cm³/mol. The maximum absolute atomic E-state index is 11.7. The van der Waals surface area contributed by atoms with Crippen LogP contribution in [-0.4, -0.2) is 21.6 Å². The second-order valence-corrected chi connectivity index (χ2v) is 5.33. The molecule has 0 aliphatic carbocycles. The van der Waals surface area contributed by atoms with E-state index < -0.39 is 0 Å². The third kappa shape index (κ3) is 3.43. The topological polar surface area (TPSA) is 81.2 Å². The SMILES string of the molecule is Cc1ccc2oc(SCC(=O)NCc3ccco3)nc2n1. The highest BCUT2D eigenvalue weighted by Crippen LogP contribution is 2.22. The molecule has 6 nitrogen and oxygen atoms in total. The zero-order valence-corrected chi connectivity index (χ0v) is 12.1. The van der Waals surface area contributed by atoms with Gasteiger partial charge in [-0.15, -0.1) is 0 Å². The number of carbonyl (C=O) groups is 1. The zero-order valence-electron chi connectivity index (χ0n) is 11.3. The van der Waals surface area contributed by atoms with Crippen molar-refractivity contribution >= 4 is 28.9 Å². The van der Waals surface area contributed by atoms with Crippen LogP contribution in [0.25, 0.3) is 11.2 Å². The van der Waals surface area contributed by atoms with Crippen LogP contribution >= 0.6 is 11.8 Å². The number of furan rings is 1. The minimum Gasteiger partial charge on any atom is -0.467 e. The third-order valence-corrected chi connectivity index (χ3v) is 3.57. The number of aryl methyl sites for hydroxylation is 1. The van der Waals surface area contributed by atoms with E-state index in [2.05, 4.69) is 15.3 Å². The molecule has 108 valence electrons. The summed E-state index contributed by atoms with van der Waals surface area (Å²) in [7, 11) is 0. The van der Waals surface area contributed by atoms with Crippen LogP contribution < -0.4 is 5.32 Å². The van der Waals surface area contributed by atoms with Crippen molar-refractivity contribution in [1.82, 2.24) is 15.3 Å². The summed E-state index contributed by atoms with van der Waals surface area (Å²) >= 11 is 1.24. The molecule has 3 aromatic heterocycles. The number of nitrogens with one attached hydrogen (secondary N) is 1. The number of hydrogen-bond donors (Lipinski definition) is 1. The first-order valence-electron chi connectivity index (χ1n) is 6.37. The molecule has 0 radical (unpaired) electrons. The molecule has 0 saturated carbocycles. The fourth-order valence-corrected chi connectivity index (χ4v) is 2.39. The van der Waals surface area contributed by atoms with E-state index in [0.29, 0.717) is 23.0 Å². The number of carbonyl (C=O) groups excluding carboxylic acids is 1. The van der Waals surface area contributed by atoms with Crippen molar-refractivity contribution in [3.8, 4) is 0 Å². The minimum atomic E-state index is -0.109. The van der Waals surface area contributed by atoms with Gasteiger partial charge in [0.1, 0.15) is 5.76 Å². The van der Waals surface area contributed by atoms with Crippen molar-refractivity contribution in [1.29, 1.82) is 0 Å². The second kappa shape index (κ2) is 6.01. The van der Waals surface area contributed by atoms with Crippen LogP contribution in [0.2, 0.25) is 0 Å². The normalized spacial score (nSPS) is 10.9. The van der Waals surface area contributed by atoms with Gasteiger partial charge >= 0.3 is 0 Å². The van der Waals surface area contributed by atoms with Gasteiger partial charge in [-0.25, -0.2) is 4.98 Å². The number of nitrogens with zero attached hydrogens (tertiary/aromatic N) is 2. The molecule has 0 fully saturated rings. The number of amides is 1. The summed E-state index contributed by atoms with van der Waals surface area (Å²) in [6, 6.07) is 7.27. The fourth-order valence-electron chi connectivity index (χ4n) is 1.73. The van der Waals surface area contributed by atoms with Gasteiger partial charge in [-0.2, -0.15) is 4.98 Å². The summed E-state index contributed by atoms with van der Waals surface area (Å²) in [5.41, 5.74) is 2.07. The number of aromatic nitrogens is 2. The number of hydrogen-bond acceptors (Lipinski definition) is 6. The van der Waals surface area contributed by atoms with Gasteiger partial charge in [0.2, 0.25) is 5.91 Å². The molecule has 0 aromatic carbocycles. The Balaban J connectivity index is 1.54. The standard InChI is InChI=1S/C14H13N3O3S/c1-9-4-5-11-13(16-9)17-14(20-11)21-8-12(18)15-7-10-3-2-6-19-10/h2-6H,7-8H2,1H3,(H,15,18). The number of oxazole rings is 1. The van der Waals surface area contributed by atoms with Crippen molar-refractivity contribution in [2.75, 3.05) is 5.75 Å². The van der Waals surface area contributed by atoms with Crippen LogP contribution in [-0.2, 0) is 11.3 Å². The Morgan fingerprint density at radius 1 is 1.33 bits per heavy atom. The van der Waals surface area contributed by atoms with E-state index >= 15 is 0 Å². The third-order valence-electron chi connectivity index (χ3n) is 2.74. The summed E-state index contributed by atoms with van der Waals surface area (Å²) in [6.07, 6.45) is 1.57. The molecular weight excluding hydrogens is 290 g/mol. The van der Waals surface area contributed by atoms with Crippen molar-refractivity contribution in [2.24, 2.45) is 0 Å². The summed E-state index contributed by atoms with van der Waals surface area (Å²) in [6.45, 7) is 2.27. The van der Waals surface area contributed by atoms with E-state index in [4.69, 9.17) is 8.83 Å². The largest absolute Gasteiger partial charge is 0.467 e. The lowest BCUT2D eigenvalue weighted by Crippen LogP contribution is -2.24. The molecule has 1 N–H and O–H groups in total. The Bertz CT molecular complexity index is 752. The van der Waals surface area contributed by atoms with Crippen molar-refractivity contribution in [3.63, 3.8) is 0 Å². The van der Waals surface area contributed by atoms with Gasteiger partial charge in [-0.1, -0.05) is 11.8 Å². The Labute approximate surface area is 124 Å². The summed E-state index contributed by atoms with van der Waals surface area (Å²) in [5.74, 6) is 0.838. The maximum Gasteiger partial charge on any atom is 0.258 e. The monoisotopic (exact) mass is 303 g/mol. The fraction of sp³-hybridized carbons (Fsp3) is 0.214. The number of pyridine rings is 1. The lowest BCUT2D eigenvalue weighted by molar-refractivity contribution is -0.118. The van der Waals surface area contributed by atoms with Gasteiger partial charge < -0.3 is 14.2 Å². The lowest BCUT2D eigenvalue weighted by atomic mass is 10.4. The quantitative estimate of drug-likeness (QED) is 0.729. The molecule has 0 unspecified atom stereocenters. The molecule has 0 bridgehead atoms. The van der Waals surface area contributed by atoms with Crippen LogP contribution in [0.5, 0.6) is 0 Å². The molecule has 3 heterocycles. The predicted octanol–water partition coefficient (Wildman–Crippen LogP) is 2.53. The molecule has 7 heteroatoms. The molecule has 1 amide bonds. The number of thioether (sulfide) groups is 1. The molecule has 0 aliphatic heterocycles. The number of fused-ring (bicyclic) bond motifs is 1. The Morgan fingerprint density at radius 2 is 2.24 bits per heavy atom. The Hall–Kier alpha value is -2.28. The van der Waals surface area contributed by atoms with Crippen LogP contribution in [0, 0.1) is 6.92 Å². The molecule has 3 aromatic rings. The van der Waals surface area contributed by atoms with Crippen LogP contribution in [0.1, 0.15) is 11.5 Å². The molecule has 0 spiro atoms. The van der Waals surface area contributed by atoms with Gasteiger partial charge in [0.15, 0.2) is 11.2 Å². The lowest BCUT2D eigenvalue weighted by Gasteiger charge is -2.00. The summed E-state index contributed by atoms with van der Waals surface area (Å²) in [4.78, 5) is 20.2. The van der Waals surface area contributed by atoms with E-state index in [1.54, 1.807) is 12.3 Å². The van der Waals surface area contributed by atoms with Crippen molar-refractivity contribution in [3.05, 3.63) is 42.0 Å². The zero-order chi connectivity index (χ0) is 14.7. The van der Waals surface area contributed by atoms with Crippen molar-refractivity contribution in [2.45, 2.75) is 18.7 Å². The molecule has 0 aliphatic rings. The highest BCUT2D eigenvalue weighted by Gasteiger charge is 2.10. The average molecular weight is 303 g/mol. The first-order chi connectivity index (χ1) is 10.2. The van der Waals surface area contributed by atoms with Crippen LogP contribution in [0.3, 0.4) is 0 Å². The molecule has 0 saturated heterocycles. The summed E-state index contributed by atoms with van der Waals surface area (Å²) < 4.78 is 10.7. The first-order valence-corrected chi connectivity index (χ1v) is 7.35. The highest BCUT2D eigenvalue weighted by atomic mass is 32.2. The van der Waals surface area contributed by atoms with E-state index in [1.165, 1.54) is 11.8 Å². The maximum atomic E-state index is 11.7. The van der Waals surface area contributed by atoms with Gasteiger partial charge in [-0.3, -0.25) is 4.79 Å². The average Bonchev–Trinajstić information content (AvgIpc) is 3.11. The molecular formula is C14H13N3O3S. The van der Waals surface area contributed by atoms with E-state index in [9.17, 15) is 4.79 Å². The molecule has 3 rings (SSSR count). The van der Waals surface area contributed by atoms with Crippen LogP contribution in [0.15, 0.2) is 44.6 Å². The van der Waals surface area contributed by atoms with Gasteiger partial charge in [-0.05, 0) is 31.2 Å². The van der Waals surface area contributed by atoms with E-state index in [0.717, 1.165) is 11.5 Å². The highest BCUT2D eigenvalue weighted by molar-refractivity contribution is 7.99. The molecule has 0 atom stereocenters. The van der Waals surface area contributed by atoms with E-state index in [-0.39, 0.29) is 11.7 Å². The summed E-state index contributed by atoms with van der Waals surface area (Å²) in [5, 5.41) is 3.20. The van der Waals surface area contributed by atoms with E-state index in [1.807, 2.05) is 25.1 Å². The smallest absolute Gasteiger partial charge is 0.258 e. The first kappa shape index (κ1) is 13.7. The second-order valence-electron chi connectivity index (χ2n) is 4.40. The Morgan fingerprint density at radius 3 is 3.05 bits per heavy atom. The van der Waals surface area contributed by atoms with Gasteiger partial charge in [0, 0.05) is 5.69 Å². The van der Waals surface area contributed by atoms with Gasteiger partial charge in [0.05, 0.1) is 18.6 Å². The molecule has 21 heavy (non-hydrogen) atoms. The van der Waals surface area contributed by atoms with Gasteiger partial charge in [0.25, 0.3) is 5.22 Å². The number of rotatable bonds is 5. The minimum absolute atomic E-state index is 0.109.